The number of nitrogens with one attached hydrogen (secondary N) is 1. The normalized spacial score (nSPS) is 33.4. The zero-order valence-electron chi connectivity index (χ0n) is 13.8. The summed E-state index contributed by atoms with van der Waals surface area (Å²) >= 11 is 0. The molecule has 1 N–H and O–H groups in total. The summed E-state index contributed by atoms with van der Waals surface area (Å²) in [7, 11) is 1.12. The Balaban J connectivity index is 1.62. The van der Waals surface area contributed by atoms with Crippen LogP contribution in [-0.2, 0) is 38.1 Å². The van der Waals surface area contributed by atoms with E-state index in [0.29, 0.717) is 0 Å². The van der Waals surface area contributed by atoms with E-state index >= 15 is 0 Å². The van der Waals surface area contributed by atoms with Gasteiger partial charge in [0.2, 0.25) is 0 Å². The van der Waals surface area contributed by atoms with Crippen molar-refractivity contribution in [3.8, 4) is 0 Å². The summed E-state index contributed by atoms with van der Waals surface area (Å²) in [4.78, 5) is 47.1. The van der Waals surface area contributed by atoms with Gasteiger partial charge in [0.1, 0.15) is 36.2 Å². The van der Waals surface area contributed by atoms with Gasteiger partial charge in [-0.25, -0.2) is 0 Å². The van der Waals surface area contributed by atoms with Gasteiger partial charge in [0.05, 0.1) is 7.11 Å². The molecule has 3 aliphatic heterocycles. The first-order valence-electron chi connectivity index (χ1n) is 7.73. The molecule has 2 bridgehead atoms. The molecule has 3 heterocycles. The number of hydrogen-bond acceptors (Lipinski definition) is 8. The van der Waals surface area contributed by atoms with Crippen molar-refractivity contribution in [2.45, 2.75) is 30.6 Å². The largest absolute Gasteiger partial charge is 0.469 e. The third-order valence-corrected chi connectivity index (χ3v) is 4.66. The number of hydrogen-bond donors (Lipinski definition) is 1. The van der Waals surface area contributed by atoms with Crippen LogP contribution in [0.25, 0.3) is 0 Å². The molecular weight excluding hydrogens is 379 g/mol. The summed E-state index contributed by atoms with van der Waals surface area (Å²) < 4.78 is 57.4. The van der Waals surface area contributed by atoms with Crippen LogP contribution in [0.1, 0.15) is 0 Å². The molecule has 0 aromatic carbocycles. The van der Waals surface area contributed by atoms with Crippen molar-refractivity contribution in [1.29, 1.82) is 0 Å². The molecule has 12 heteroatoms. The third-order valence-electron chi connectivity index (χ3n) is 4.66. The molecular formula is C15H14F3NO8. The first-order chi connectivity index (χ1) is 12.6. The van der Waals surface area contributed by atoms with Gasteiger partial charge in [0.25, 0.3) is 5.91 Å². The van der Waals surface area contributed by atoms with Crippen molar-refractivity contribution in [2.75, 3.05) is 13.7 Å². The van der Waals surface area contributed by atoms with Crippen LogP contribution in [0, 0.1) is 11.8 Å². The van der Waals surface area contributed by atoms with Gasteiger partial charge in [-0.1, -0.05) is 6.58 Å². The average molecular weight is 393 g/mol. The molecule has 0 aromatic heterocycles. The number of esters is 3. The number of alkyl halides is 3. The monoisotopic (exact) mass is 393 g/mol. The van der Waals surface area contributed by atoms with E-state index in [1.54, 1.807) is 5.32 Å². The fourth-order valence-electron chi connectivity index (χ4n) is 3.46. The molecule has 0 radical (unpaired) electrons. The lowest BCUT2D eigenvalue weighted by Crippen LogP contribution is -2.48. The van der Waals surface area contributed by atoms with Gasteiger partial charge in [-0.05, 0) is 0 Å². The Morgan fingerprint density at radius 1 is 1.22 bits per heavy atom. The minimum absolute atomic E-state index is 0.684. The standard InChI is InChI=1S/C15H14F3NO8/c1-4(15(16,17)18)12(21)19-3-5(20)25-10-8-6(13(22)24-2)7-9(26-8)11(10)27-14(7)23/h6-11H,1,3H2,2H3,(H,19,21). The van der Waals surface area contributed by atoms with E-state index in [1.807, 2.05) is 0 Å². The molecule has 0 spiro atoms. The highest BCUT2D eigenvalue weighted by atomic mass is 19.4. The maximum Gasteiger partial charge on any atom is 0.421 e. The minimum atomic E-state index is -4.94. The Morgan fingerprint density at radius 3 is 2.48 bits per heavy atom. The maximum absolute atomic E-state index is 12.4. The van der Waals surface area contributed by atoms with Crippen LogP contribution in [-0.4, -0.2) is 68.1 Å². The van der Waals surface area contributed by atoms with Crippen LogP contribution in [0.5, 0.6) is 0 Å². The molecule has 3 rings (SSSR count). The number of fused-ring (bicyclic) bond motifs is 1. The highest BCUT2D eigenvalue weighted by molar-refractivity contribution is 5.95. The van der Waals surface area contributed by atoms with Crippen LogP contribution >= 0.6 is 0 Å². The molecule has 0 saturated carbocycles. The summed E-state index contributed by atoms with van der Waals surface area (Å²) in [5.74, 6) is -5.98. The van der Waals surface area contributed by atoms with Crippen LogP contribution < -0.4 is 5.32 Å². The highest BCUT2D eigenvalue weighted by Crippen LogP contribution is 2.51. The molecule has 0 aliphatic carbocycles. The highest BCUT2D eigenvalue weighted by Gasteiger charge is 2.72. The van der Waals surface area contributed by atoms with E-state index in [1.165, 1.54) is 0 Å². The van der Waals surface area contributed by atoms with E-state index in [-0.39, 0.29) is 0 Å². The molecule has 3 aliphatic rings. The Labute approximate surface area is 149 Å². The Bertz CT molecular complexity index is 720. The number of ether oxygens (including phenoxy) is 4. The predicted molar refractivity (Wildman–Crippen MR) is 75.6 cm³/mol. The van der Waals surface area contributed by atoms with Crippen LogP contribution in [0.2, 0.25) is 0 Å². The molecule has 27 heavy (non-hydrogen) atoms. The molecule has 3 fully saturated rings. The van der Waals surface area contributed by atoms with Crippen LogP contribution in [0.3, 0.4) is 0 Å². The average Bonchev–Trinajstić information content (AvgIpc) is 3.21. The number of amides is 1. The van der Waals surface area contributed by atoms with Crippen molar-refractivity contribution >= 4 is 23.8 Å². The second-order valence-electron chi connectivity index (χ2n) is 6.16. The smallest absolute Gasteiger partial charge is 0.421 e. The molecule has 9 nitrogen and oxygen atoms in total. The summed E-state index contributed by atoms with van der Waals surface area (Å²) in [5.41, 5.74) is -1.67. The number of carbonyl (C=O) groups is 4. The molecule has 3 saturated heterocycles. The van der Waals surface area contributed by atoms with Crippen molar-refractivity contribution < 1.29 is 51.3 Å². The summed E-state index contributed by atoms with van der Waals surface area (Å²) in [5, 5.41) is 1.73. The molecule has 0 aromatic rings. The minimum Gasteiger partial charge on any atom is -0.469 e. The van der Waals surface area contributed by atoms with Gasteiger partial charge >= 0.3 is 24.1 Å². The molecule has 1 amide bonds. The number of carbonyl (C=O) groups excluding carboxylic acids is 4. The van der Waals surface area contributed by atoms with E-state index < -0.39 is 78.4 Å². The lowest BCUT2D eigenvalue weighted by Gasteiger charge is -2.26. The van der Waals surface area contributed by atoms with E-state index in [4.69, 9.17) is 14.2 Å². The van der Waals surface area contributed by atoms with E-state index in [9.17, 15) is 32.3 Å². The fourth-order valence-corrected chi connectivity index (χ4v) is 3.46. The molecule has 148 valence electrons. The Hall–Kier alpha value is -2.63. The van der Waals surface area contributed by atoms with Crippen LogP contribution in [0.4, 0.5) is 13.2 Å². The lowest BCUT2D eigenvalue weighted by atomic mass is 9.78. The van der Waals surface area contributed by atoms with Crippen molar-refractivity contribution in [1.82, 2.24) is 5.32 Å². The Morgan fingerprint density at radius 2 is 1.89 bits per heavy atom. The second kappa shape index (κ2) is 6.51. The van der Waals surface area contributed by atoms with Gasteiger partial charge in [-0.3, -0.25) is 19.2 Å². The third kappa shape index (κ3) is 3.13. The number of methoxy groups -OCH3 is 1. The Kier molecular flexibility index (Phi) is 4.62. The van der Waals surface area contributed by atoms with Crippen molar-refractivity contribution in [2.24, 2.45) is 11.8 Å². The molecule has 6 atom stereocenters. The fraction of sp³-hybridized carbons (Fsp3) is 0.600. The van der Waals surface area contributed by atoms with E-state index in [0.717, 1.165) is 7.11 Å². The van der Waals surface area contributed by atoms with Gasteiger partial charge in [0, 0.05) is 0 Å². The van der Waals surface area contributed by atoms with E-state index in [2.05, 4.69) is 11.3 Å². The van der Waals surface area contributed by atoms with Gasteiger partial charge in [-0.2, -0.15) is 13.2 Å². The van der Waals surface area contributed by atoms with Crippen molar-refractivity contribution in [3.63, 3.8) is 0 Å². The first-order valence-corrected chi connectivity index (χ1v) is 7.73. The first kappa shape index (κ1) is 19.1. The predicted octanol–water partition coefficient (Wildman–Crippen LogP) is -0.755. The SMILES string of the molecule is C=C(C(=O)NCC(=O)OC1C2OC(=O)C3C2OC1C3C(=O)OC)C(F)(F)F. The van der Waals surface area contributed by atoms with Gasteiger partial charge in [-0.15, -0.1) is 0 Å². The number of halogens is 3. The van der Waals surface area contributed by atoms with Crippen molar-refractivity contribution in [3.05, 3.63) is 12.2 Å². The van der Waals surface area contributed by atoms with Gasteiger partial charge in [0.15, 0.2) is 12.2 Å². The summed E-state index contributed by atoms with van der Waals surface area (Å²) in [6.45, 7) is 1.72. The van der Waals surface area contributed by atoms with Gasteiger partial charge < -0.3 is 24.3 Å². The second-order valence-corrected chi connectivity index (χ2v) is 6.16. The maximum atomic E-state index is 12.4. The van der Waals surface area contributed by atoms with Crippen LogP contribution in [0.15, 0.2) is 12.2 Å². The summed E-state index contributed by atoms with van der Waals surface area (Å²) in [6, 6.07) is 0. The number of rotatable bonds is 5. The molecule has 6 unspecified atom stereocenters. The zero-order chi connectivity index (χ0) is 20.1. The lowest BCUT2D eigenvalue weighted by molar-refractivity contribution is -0.162. The topological polar surface area (TPSA) is 117 Å². The quantitative estimate of drug-likeness (QED) is 0.368. The zero-order valence-corrected chi connectivity index (χ0v) is 13.8. The summed E-state index contributed by atoms with van der Waals surface area (Å²) in [6.07, 6.45) is -8.79.